The molecule has 1 aliphatic rings. The number of carbonyl (C=O) groups is 1. The van der Waals surface area contributed by atoms with Gasteiger partial charge in [0.1, 0.15) is 0 Å². The van der Waals surface area contributed by atoms with Gasteiger partial charge in [0.15, 0.2) is 0 Å². The van der Waals surface area contributed by atoms with E-state index in [0.29, 0.717) is 0 Å². The zero-order valence-corrected chi connectivity index (χ0v) is 13.0. The van der Waals surface area contributed by atoms with Gasteiger partial charge in [0.2, 0.25) is 0 Å². The minimum atomic E-state index is -1.21. The maximum atomic E-state index is 10.3. The van der Waals surface area contributed by atoms with Gasteiger partial charge < -0.3 is 15.3 Å². The van der Waals surface area contributed by atoms with Crippen molar-refractivity contribution in [1.82, 2.24) is 5.43 Å². The van der Waals surface area contributed by atoms with E-state index in [1.54, 1.807) is 0 Å². The first kappa shape index (κ1) is 16.9. The number of carbonyl (C=O) groups excluding carboxylic acids is 1. The van der Waals surface area contributed by atoms with Crippen LogP contribution in [0, 0.1) is 5.92 Å². The first-order chi connectivity index (χ1) is 7.70. The summed E-state index contributed by atoms with van der Waals surface area (Å²) in [6, 6.07) is 0. The maximum absolute atomic E-state index is 10.3. The predicted molar refractivity (Wildman–Crippen MR) is 61.9 cm³/mol. The van der Waals surface area contributed by atoms with Crippen molar-refractivity contribution in [2.75, 3.05) is 6.54 Å². The molecule has 1 fully saturated rings. The summed E-state index contributed by atoms with van der Waals surface area (Å²) < 4.78 is 0. The van der Waals surface area contributed by atoms with E-state index in [2.05, 4.69) is 10.5 Å². The summed E-state index contributed by atoms with van der Waals surface area (Å²) in [6.07, 6.45) is 9.16. The third-order valence-corrected chi connectivity index (χ3v) is 3.17. The molecular weight excluding hydrogens is 227 g/mol. The van der Waals surface area contributed by atoms with E-state index in [1.807, 2.05) is 0 Å². The Kier molecular flexibility index (Phi) is 9.88. The summed E-state index contributed by atoms with van der Waals surface area (Å²) in [5, 5.41) is 14.0. The molecule has 0 aliphatic heterocycles. The molecule has 0 spiro atoms. The summed E-state index contributed by atoms with van der Waals surface area (Å²) in [6.45, 7) is 2.19. The van der Waals surface area contributed by atoms with Gasteiger partial charge in [-0.25, -0.2) is 0 Å². The average Bonchev–Trinajstić information content (AvgIpc) is 2.29. The van der Waals surface area contributed by atoms with Crippen LogP contribution in [-0.4, -0.2) is 18.2 Å². The monoisotopic (exact) mass is 248 g/mol. The predicted octanol–water partition coefficient (Wildman–Crippen LogP) is -1.93. The Balaban J connectivity index is 0.00000256. The number of hydrazone groups is 1. The van der Waals surface area contributed by atoms with Gasteiger partial charge in [-0.05, 0) is 25.7 Å². The molecule has 0 saturated heterocycles. The zero-order valence-electron chi connectivity index (χ0n) is 11.0. The van der Waals surface area contributed by atoms with E-state index in [1.165, 1.54) is 45.4 Å². The smallest absolute Gasteiger partial charge is 0.543 e. The van der Waals surface area contributed by atoms with Crippen LogP contribution in [0.25, 0.3) is 0 Å². The first-order valence-electron chi connectivity index (χ1n) is 6.18. The molecule has 0 aromatic heterocycles. The molecule has 0 radical (unpaired) electrons. The molecule has 4 nitrogen and oxygen atoms in total. The summed E-state index contributed by atoms with van der Waals surface area (Å²) in [7, 11) is 0. The molecule has 0 amide bonds. The number of carboxylic acids is 1. The fraction of sp³-hybridized carbons (Fsp3) is 0.833. The van der Waals surface area contributed by atoms with Gasteiger partial charge in [0, 0.05) is 6.54 Å². The maximum Gasteiger partial charge on any atom is 1.00 e. The average molecular weight is 248 g/mol. The minimum absolute atomic E-state index is 0. The number of rotatable bonds is 6. The number of carboxylic acid groups (broad SMARTS) is 1. The van der Waals surface area contributed by atoms with E-state index < -0.39 is 5.97 Å². The number of nitrogens with zero attached hydrogens (tertiary/aromatic N) is 1. The van der Waals surface area contributed by atoms with Crippen LogP contribution >= 0.6 is 0 Å². The van der Waals surface area contributed by atoms with Crippen LogP contribution in [0.1, 0.15) is 51.9 Å². The molecule has 1 saturated carbocycles. The Labute approximate surface area is 126 Å². The largest absolute Gasteiger partial charge is 1.00 e. The molecule has 17 heavy (non-hydrogen) atoms. The van der Waals surface area contributed by atoms with Crippen molar-refractivity contribution in [3.63, 3.8) is 0 Å². The second-order valence-corrected chi connectivity index (χ2v) is 4.54. The van der Waals surface area contributed by atoms with Crippen molar-refractivity contribution in [3.05, 3.63) is 0 Å². The molecule has 0 aromatic rings. The van der Waals surface area contributed by atoms with Crippen molar-refractivity contribution in [2.45, 2.75) is 51.9 Å². The van der Waals surface area contributed by atoms with E-state index in [0.717, 1.165) is 18.9 Å². The van der Waals surface area contributed by atoms with Crippen LogP contribution < -0.4 is 40.1 Å². The molecule has 0 aromatic carbocycles. The van der Waals surface area contributed by atoms with Crippen LogP contribution in [0.2, 0.25) is 0 Å². The Morgan fingerprint density at radius 2 is 2.00 bits per heavy atom. The van der Waals surface area contributed by atoms with Crippen LogP contribution in [-0.2, 0) is 4.79 Å². The quantitative estimate of drug-likeness (QED) is 0.258. The van der Waals surface area contributed by atoms with Crippen molar-refractivity contribution in [2.24, 2.45) is 11.0 Å². The number of hydrogen-bond acceptors (Lipinski definition) is 4. The van der Waals surface area contributed by atoms with E-state index in [4.69, 9.17) is 0 Å². The molecular formula is C12H21N2NaO2. The van der Waals surface area contributed by atoms with Gasteiger partial charge >= 0.3 is 29.6 Å². The van der Waals surface area contributed by atoms with Gasteiger partial charge in [-0.1, -0.05) is 32.1 Å². The molecule has 1 N–H and O–H groups in total. The molecule has 1 rings (SSSR count). The second-order valence-electron chi connectivity index (χ2n) is 4.54. The molecule has 5 heteroatoms. The van der Waals surface area contributed by atoms with Gasteiger partial charge in [-0.2, -0.15) is 5.10 Å². The SMILES string of the molecule is C/C(=N\NCCCC1CCCCC1)C(=O)[O-].[Na+]. The summed E-state index contributed by atoms with van der Waals surface area (Å²) in [5.41, 5.74) is 2.78. The summed E-state index contributed by atoms with van der Waals surface area (Å²) in [4.78, 5) is 10.3. The van der Waals surface area contributed by atoms with Crippen LogP contribution in [0.3, 0.4) is 0 Å². The van der Waals surface area contributed by atoms with E-state index in [9.17, 15) is 9.90 Å². The third kappa shape index (κ3) is 7.79. The molecule has 0 unspecified atom stereocenters. The van der Waals surface area contributed by atoms with Crippen LogP contribution in [0.4, 0.5) is 0 Å². The van der Waals surface area contributed by atoms with Crippen molar-refractivity contribution in [3.8, 4) is 0 Å². The minimum Gasteiger partial charge on any atom is -0.543 e. The second kappa shape index (κ2) is 9.92. The number of hydrogen-bond donors (Lipinski definition) is 1. The van der Waals surface area contributed by atoms with E-state index in [-0.39, 0.29) is 35.3 Å². The standard InChI is InChI=1S/C12H22N2O2.Na/c1-10(12(15)16)14-13-9-5-8-11-6-3-2-4-7-11;/h11,13H,2-9H2,1H3,(H,15,16);/q;+1/p-1/b14-10+;. The van der Waals surface area contributed by atoms with Crippen LogP contribution in [0.5, 0.6) is 0 Å². The summed E-state index contributed by atoms with van der Waals surface area (Å²) in [5.74, 6) is -0.332. The fourth-order valence-electron chi connectivity index (χ4n) is 2.17. The summed E-state index contributed by atoms with van der Waals surface area (Å²) >= 11 is 0. The molecule has 0 atom stereocenters. The first-order valence-corrected chi connectivity index (χ1v) is 6.18. The van der Waals surface area contributed by atoms with Crippen molar-refractivity contribution in [1.29, 1.82) is 0 Å². The van der Waals surface area contributed by atoms with E-state index >= 15 is 0 Å². The topological polar surface area (TPSA) is 64.5 Å². The van der Waals surface area contributed by atoms with Gasteiger partial charge in [0.25, 0.3) is 0 Å². The molecule has 92 valence electrons. The zero-order chi connectivity index (χ0) is 11.8. The fourth-order valence-corrected chi connectivity index (χ4v) is 2.17. The molecule has 1 aliphatic carbocycles. The van der Waals surface area contributed by atoms with Gasteiger partial charge in [0.05, 0.1) is 11.7 Å². The number of nitrogens with one attached hydrogen (secondary N) is 1. The van der Waals surface area contributed by atoms with Crippen molar-refractivity contribution < 1.29 is 39.5 Å². The third-order valence-electron chi connectivity index (χ3n) is 3.17. The normalized spacial score (nSPS) is 17.4. The molecule has 0 bridgehead atoms. The molecule has 0 heterocycles. The Hall–Kier alpha value is -0.0600. The Morgan fingerprint density at radius 1 is 1.35 bits per heavy atom. The van der Waals surface area contributed by atoms with Gasteiger partial charge in [-0.3, -0.25) is 0 Å². The Morgan fingerprint density at radius 3 is 2.59 bits per heavy atom. The Bertz CT molecular complexity index is 251. The van der Waals surface area contributed by atoms with Gasteiger partial charge in [-0.15, -0.1) is 0 Å². The van der Waals surface area contributed by atoms with Crippen molar-refractivity contribution >= 4 is 11.7 Å². The van der Waals surface area contributed by atoms with Crippen LogP contribution in [0.15, 0.2) is 5.10 Å². The number of aliphatic carboxylic acids is 1.